The number of alkyl halides is 3. The first-order chi connectivity index (χ1) is 7.49. The van der Waals surface area contributed by atoms with Crippen molar-refractivity contribution in [3.8, 4) is 11.5 Å². The summed E-state index contributed by atoms with van der Waals surface area (Å²) in [6, 6.07) is 2.88. The number of methoxy groups -OCH3 is 1. The first-order valence-electron chi connectivity index (χ1n) is 4.70. The highest BCUT2D eigenvalue weighted by Crippen LogP contribution is 2.38. The van der Waals surface area contributed by atoms with Crippen LogP contribution in [0.1, 0.15) is 5.56 Å². The van der Waals surface area contributed by atoms with Gasteiger partial charge in [-0.05, 0) is 18.1 Å². The van der Waals surface area contributed by atoms with E-state index in [1.54, 1.807) is 6.07 Å². The predicted molar refractivity (Wildman–Crippen MR) is 51.9 cm³/mol. The molecule has 2 rings (SSSR count). The third-order valence-corrected chi connectivity index (χ3v) is 2.32. The predicted octanol–water partition coefficient (Wildman–Crippen LogP) is 2.56. The SMILES string of the molecule is COc1cc2c(cc1OC(F)(F)F)NCC2. The highest BCUT2D eigenvalue weighted by molar-refractivity contribution is 5.63. The van der Waals surface area contributed by atoms with Gasteiger partial charge in [-0.15, -0.1) is 13.2 Å². The summed E-state index contributed by atoms with van der Waals surface area (Å²) in [6.07, 6.45) is -3.93. The molecular formula is C10H10F3NO2. The molecule has 1 N–H and O–H groups in total. The minimum atomic E-state index is -4.71. The Morgan fingerprint density at radius 3 is 2.62 bits per heavy atom. The molecule has 0 fully saturated rings. The van der Waals surface area contributed by atoms with Gasteiger partial charge in [-0.25, -0.2) is 0 Å². The van der Waals surface area contributed by atoms with Gasteiger partial charge in [0.05, 0.1) is 7.11 Å². The van der Waals surface area contributed by atoms with Crippen molar-refractivity contribution in [2.45, 2.75) is 12.8 Å². The lowest BCUT2D eigenvalue weighted by Crippen LogP contribution is -2.17. The minimum absolute atomic E-state index is 0.0970. The van der Waals surface area contributed by atoms with E-state index in [1.165, 1.54) is 13.2 Å². The van der Waals surface area contributed by atoms with Crippen molar-refractivity contribution in [2.24, 2.45) is 0 Å². The van der Waals surface area contributed by atoms with Gasteiger partial charge in [0.25, 0.3) is 0 Å². The van der Waals surface area contributed by atoms with Crippen LogP contribution in [0, 0.1) is 0 Å². The molecule has 16 heavy (non-hydrogen) atoms. The molecule has 1 aliphatic heterocycles. The van der Waals surface area contributed by atoms with Crippen LogP contribution >= 0.6 is 0 Å². The first-order valence-corrected chi connectivity index (χ1v) is 4.70. The summed E-state index contributed by atoms with van der Waals surface area (Å²) in [5, 5.41) is 2.97. The van der Waals surface area contributed by atoms with Gasteiger partial charge in [0.1, 0.15) is 0 Å². The lowest BCUT2D eigenvalue weighted by molar-refractivity contribution is -0.275. The molecule has 0 atom stereocenters. The van der Waals surface area contributed by atoms with Crippen LogP contribution in [0.3, 0.4) is 0 Å². The van der Waals surface area contributed by atoms with Gasteiger partial charge in [-0.2, -0.15) is 0 Å². The summed E-state index contributed by atoms with van der Waals surface area (Å²) in [4.78, 5) is 0. The van der Waals surface area contributed by atoms with Crippen LogP contribution < -0.4 is 14.8 Å². The zero-order valence-corrected chi connectivity index (χ0v) is 8.52. The van der Waals surface area contributed by atoms with E-state index in [9.17, 15) is 13.2 Å². The van der Waals surface area contributed by atoms with E-state index in [1.807, 2.05) is 0 Å². The monoisotopic (exact) mass is 233 g/mol. The van der Waals surface area contributed by atoms with Crippen molar-refractivity contribution in [3.63, 3.8) is 0 Å². The van der Waals surface area contributed by atoms with Gasteiger partial charge in [-0.3, -0.25) is 0 Å². The molecule has 3 nitrogen and oxygen atoms in total. The molecule has 0 bridgehead atoms. The Morgan fingerprint density at radius 1 is 1.25 bits per heavy atom. The van der Waals surface area contributed by atoms with Crippen molar-refractivity contribution in [3.05, 3.63) is 17.7 Å². The van der Waals surface area contributed by atoms with E-state index < -0.39 is 6.36 Å². The quantitative estimate of drug-likeness (QED) is 0.851. The van der Waals surface area contributed by atoms with Gasteiger partial charge in [0.2, 0.25) is 0 Å². The van der Waals surface area contributed by atoms with Crippen LogP contribution in [0.15, 0.2) is 12.1 Å². The Kier molecular flexibility index (Phi) is 2.57. The maximum Gasteiger partial charge on any atom is 0.573 e. The second-order valence-electron chi connectivity index (χ2n) is 3.38. The lowest BCUT2D eigenvalue weighted by atomic mass is 10.1. The van der Waals surface area contributed by atoms with Crippen LogP contribution in [-0.2, 0) is 6.42 Å². The zero-order valence-electron chi connectivity index (χ0n) is 8.52. The summed E-state index contributed by atoms with van der Waals surface area (Å²) in [7, 11) is 1.31. The molecule has 0 unspecified atom stereocenters. The molecule has 1 aliphatic rings. The number of anilines is 1. The minimum Gasteiger partial charge on any atom is -0.493 e. The fraction of sp³-hybridized carbons (Fsp3) is 0.400. The summed E-state index contributed by atoms with van der Waals surface area (Å²) < 4.78 is 45.1. The third kappa shape index (κ3) is 2.15. The Hall–Kier alpha value is -1.59. The largest absolute Gasteiger partial charge is 0.573 e. The Morgan fingerprint density at radius 2 is 2.00 bits per heavy atom. The Bertz CT molecular complexity index is 404. The average molecular weight is 233 g/mol. The van der Waals surface area contributed by atoms with Crippen LogP contribution in [0.25, 0.3) is 0 Å². The van der Waals surface area contributed by atoms with Gasteiger partial charge in [0, 0.05) is 18.3 Å². The van der Waals surface area contributed by atoms with E-state index in [0.717, 1.165) is 12.0 Å². The summed E-state index contributed by atoms with van der Waals surface area (Å²) in [5.74, 6) is -0.220. The number of nitrogens with one attached hydrogen (secondary N) is 1. The standard InChI is InChI=1S/C10H10F3NO2/c1-15-8-4-6-2-3-14-7(6)5-9(8)16-10(11,12)13/h4-5,14H,2-3H2,1H3. The molecule has 0 aliphatic carbocycles. The van der Waals surface area contributed by atoms with Gasteiger partial charge >= 0.3 is 6.36 Å². The highest BCUT2D eigenvalue weighted by Gasteiger charge is 2.33. The lowest BCUT2D eigenvalue weighted by Gasteiger charge is -2.14. The van der Waals surface area contributed by atoms with Gasteiger partial charge < -0.3 is 14.8 Å². The Balaban J connectivity index is 2.36. The maximum absolute atomic E-state index is 12.1. The molecule has 0 saturated carbocycles. The van der Waals surface area contributed by atoms with Gasteiger partial charge in [0.15, 0.2) is 11.5 Å². The molecule has 0 radical (unpaired) electrons. The van der Waals surface area contributed by atoms with Crippen LogP contribution in [0.5, 0.6) is 11.5 Å². The van der Waals surface area contributed by atoms with E-state index >= 15 is 0 Å². The van der Waals surface area contributed by atoms with Crippen molar-refractivity contribution < 1.29 is 22.6 Å². The normalized spacial score (nSPS) is 14.2. The van der Waals surface area contributed by atoms with Gasteiger partial charge in [-0.1, -0.05) is 0 Å². The van der Waals surface area contributed by atoms with Crippen LogP contribution in [-0.4, -0.2) is 20.0 Å². The molecule has 0 saturated heterocycles. The topological polar surface area (TPSA) is 30.5 Å². The molecular weight excluding hydrogens is 223 g/mol. The Labute approximate surface area is 90.2 Å². The van der Waals surface area contributed by atoms with Crippen molar-refractivity contribution in [2.75, 3.05) is 19.0 Å². The second-order valence-corrected chi connectivity index (χ2v) is 3.38. The highest BCUT2D eigenvalue weighted by atomic mass is 19.4. The third-order valence-electron chi connectivity index (χ3n) is 2.32. The van der Waals surface area contributed by atoms with Crippen molar-refractivity contribution in [1.82, 2.24) is 0 Å². The number of rotatable bonds is 2. The number of hydrogen-bond donors (Lipinski definition) is 1. The fourth-order valence-corrected chi connectivity index (χ4v) is 1.67. The summed E-state index contributed by atoms with van der Waals surface area (Å²) >= 11 is 0. The fourth-order valence-electron chi connectivity index (χ4n) is 1.67. The smallest absolute Gasteiger partial charge is 0.493 e. The maximum atomic E-state index is 12.1. The molecule has 1 aromatic rings. The number of fused-ring (bicyclic) bond motifs is 1. The van der Waals surface area contributed by atoms with E-state index in [4.69, 9.17) is 4.74 Å². The summed E-state index contributed by atoms with van der Waals surface area (Å²) in [6.45, 7) is 0.716. The van der Waals surface area contributed by atoms with Crippen molar-refractivity contribution >= 4 is 5.69 Å². The van der Waals surface area contributed by atoms with E-state index in [0.29, 0.717) is 12.2 Å². The average Bonchev–Trinajstić information content (AvgIpc) is 2.60. The molecule has 6 heteroatoms. The molecule has 88 valence electrons. The first kappa shape index (κ1) is 10.9. The number of ether oxygens (including phenoxy) is 2. The zero-order chi connectivity index (χ0) is 11.8. The molecule has 1 aromatic carbocycles. The molecule has 0 spiro atoms. The van der Waals surface area contributed by atoms with E-state index in [2.05, 4.69) is 10.1 Å². The molecule has 0 amide bonds. The van der Waals surface area contributed by atoms with E-state index in [-0.39, 0.29) is 11.5 Å². The number of halogens is 3. The number of hydrogen-bond acceptors (Lipinski definition) is 3. The molecule has 1 heterocycles. The molecule has 0 aromatic heterocycles. The summed E-state index contributed by atoms with van der Waals surface area (Å²) in [5.41, 5.74) is 1.60. The number of benzene rings is 1. The van der Waals surface area contributed by atoms with Crippen molar-refractivity contribution in [1.29, 1.82) is 0 Å². The van der Waals surface area contributed by atoms with Crippen LogP contribution in [0.2, 0.25) is 0 Å². The second kappa shape index (κ2) is 3.77. The van der Waals surface area contributed by atoms with Crippen LogP contribution in [0.4, 0.5) is 18.9 Å².